The summed E-state index contributed by atoms with van der Waals surface area (Å²) in [7, 11) is -3.89. The fraction of sp³-hybridized carbons (Fsp3) is 0.167. The highest BCUT2D eigenvalue weighted by Gasteiger charge is 2.26. The molecular weight excluding hydrogens is 430 g/mol. The molecule has 0 aliphatic heterocycles. The minimum Gasteiger partial charge on any atom is -0.299 e. The average Bonchev–Trinajstić information content (AvgIpc) is 3.14. The Morgan fingerprint density at radius 2 is 1.87 bits per heavy atom. The van der Waals surface area contributed by atoms with Gasteiger partial charge in [-0.05, 0) is 13.0 Å². The lowest BCUT2D eigenvalue weighted by atomic mass is 10.1. The van der Waals surface area contributed by atoms with Crippen LogP contribution in [-0.4, -0.2) is 42.2 Å². The molecule has 3 rings (SSSR count). The number of amides is 1. The Morgan fingerprint density at radius 1 is 1.17 bits per heavy atom. The number of aromatic nitrogens is 2. The van der Waals surface area contributed by atoms with E-state index >= 15 is 0 Å². The minimum absolute atomic E-state index is 0.0593. The highest BCUT2D eigenvalue weighted by Crippen LogP contribution is 2.30. The summed E-state index contributed by atoms with van der Waals surface area (Å²) in [5, 5.41) is 22.4. The predicted molar refractivity (Wildman–Crippen MR) is 114 cm³/mol. The molecule has 0 aliphatic carbocycles. The van der Waals surface area contributed by atoms with Crippen LogP contribution in [0.2, 0.25) is 0 Å². The SMILES string of the molecule is Cc1c(N(CC(=O)Nc2nnc(-c3ccccc3)s2)S(C)(=O)=O)cccc1[N+](=O)[O-]. The second-order valence-electron chi connectivity index (χ2n) is 6.27. The molecular formula is C18H17N5O5S2. The third-order valence-corrected chi connectivity index (χ3v) is 6.14. The quantitative estimate of drug-likeness (QED) is 0.434. The van der Waals surface area contributed by atoms with Gasteiger partial charge in [0.1, 0.15) is 11.6 Å². The van der Waals surface area contributed by atoms with Gasteiger partial charge in [0.25, 0.3) is 5.69 Å². The molecule has 0 fully saturated rings. The van der Waals surface area contributed by atoms with Crippen LogP contribution in [0.15, 0.2) is 48.5 Å². The molecule has 30 heavy (non-hydrogen) atoms. The van der Waals surface area contributed by atoms with Crippen LogP contribution < -0.4 is 9.62 Å². The molecule has 0 unspecified atom stereocenters. The van der Waals surface area contributed by atoms with E-state index in [9.17, 15) is 23.3 Å². The van der Waals surface area contributed by atoms with Crippen molar-refractivity contribution in [2.24, 2.45) is 0 Å². The van der Waals surface area contributed by atoms with E-state index in [4.69, 9.17) is 0 Å². The molecule has 1 aromatic heterocycles. The smallest absolute Gasteiger partial charge is 0.274 e. The molecule has 0 saturated carbocycles. The molecule has 3 aromatic rings. The van der Waals surface area contributed by atoms with Crippen LogP contribution in [0.25, 0.3) is 10.6 Å². The highest BCUT2D eigenvalue weighted by atomic mass is 32.2. The molecule has 2 aromatic carbocycles. The first kappa shape index (κ1) is 21.3. The van der Waals surface area contributed by atoms with Crippen molar-refractivity contribution in [2.75, 3.05) is 22.4 Å². The van der Waals surface area contributed by atoms with Gasteiger partial charge in [-0.3, -0.25) is 24.5 Å². The van der Waals surface area contributed by atoms with Gasteiger partial charge in [-0.25, -0.2) is 8.42 Å². The number of nitro benzene ring substituents is 1. The van der Waals surface area contributed by atoms with Gasteiger partial charge in [0, 0.05) is 11.6 Å². The van der Waals surface area contributed by atoms with Gasteiger partial charge in [-0.1, -0.05) is 47.7 Å². The van der Waals surface area contributed by atoms with Crippen molar-refractivity contribution in [3.63, 3.8) is 0 Å². The molecule has 0 aliphatic rings. The molecule has 12 heteroatoms. The van der Waals surface area contributed by atoms with Crippen LogP contribution in [0.3, 0.4) is 0 Å². The van der Waals surface area contributed by atoms with E-state index in [0.717, 1.165) is 27.5 Å². The molecule has 1 N–H and O–H groups in total. The van der Waals surface area contributed by atoms with Crippen LogP contribution >= 0.6 is 11.3 Å². The summed E-state index contributed by atoms with van der Waals surface area (Å²) in [5.74, 6) is -0.651. The van der Waals surface area contributed by atoms with Gasteiger partial charge in [-0.15, -0.1) is 10.2 Å². The monoisotopic (exact) mass is 447 g/mol. The number of rotatable bonds is 7. The molecule has 10 nitrogen and oxygen atoms in total. The largest absolute Gasteiger partial charge is 0.299 e. The summed E-state index contributed by atoms with van der Waals surface area (Å²) in [6.07, 6.45) is 0.928. The molecule has 0 radical (unpaired) electrons. The molecule has 0 atom stereocenters. The van der Waals surface area contributed by atoms with E-state index in [1.54, 1.807) is 0 Å². The zero-order valence-electron chi connectivity index (χ0n) is 16.0. The van der Waals surface area contributed by atoms with E-state index in [2.05, 4.69) is 15.5 Å². The lowest BCUT2D eigenvalue weighted by Crippen LogP contribution is -2.38. The Bertz CT molecular complexity index is 1190. The van der Waals surface area contributed by atoms with Crippen LogP contribution in [0, 0.1) is 17.0 Å². The average molecular weight is 447 g/mol. The maximum Gasteiger partial charge on any atom is 0.274 e. The van der Waals surface area contributed by atoms with Gasteiger partial charge in [-0.2, -0.15) is 0 Å². The zero-order chi connectivity index (χ0) is 21.9. The van der Waals surface area contributed by atoms with E-state index < -0.39 is 27.4 Å². The molecule has 1 heterocycles. The number of carbonyl (C=O) groups excluding carboxylic acids is 1. The van der Waals surface area contributed by atoms with Crippen molar-refractivity contribution >= 4 is 43.8 Å². The Kier molecular flexibility index (Phi) is 6.08. The summed E-state index contributed by atoms with van der Waals surface area (Å²) in [6.45, 7) is 0.863. The number of carbonyl (C=O) groups is 1. The summed E-state index contributed by atoms with van der Waals surface area (Å²) in [6, 6.07) is 13.3. The van der Waals surface area contributed by atoms with Crippen molar-refractivity contribution in [3.8, 4) is 10.6 Å². The number of benzene rings is 2. The fourth-order valence-corrected chi connectivity index (χ4v) is 4.39. The number of hydrogen-bond donors (Lipinski definition) is 1. The van der Waals surface area contributed by atoms with Gasteiger partial charge in [0.05, 0.1) is 22.4 Å². The normalized spacial score (nSPS) is 11.1. The van der Waals surface area contributed by atoms with E-state index in [0.29, 0.717) is 5.01 Å². The molecule has 0 bridgehead atoms. The Hall–Kier alpha value is -3.38. The van der Waals surface area contributed by atoms with Gasteiger partial charge in [0.2, 0.25) is 21.1 Å². The molecule has 156 valence electrons. The molecule has 1 amide bonds. The first-order valence-electron chi connectivity index (χ1n) is 8.57. The Balaban J connectivity index is 1.82. The van der Waals surface area contributed by atoms with E-state index in [-0.39, 0.29) is 22.1 Å². The van der Waals surface area contributed by atoms with Crippen LogP contribution in [0.5, 0.6) is 0 Å². The van der Waals surface area contributed by atoms with Crippen molar-refractivity contribution in [1.82, 2.24) is 10.2 Å². The van der Waals surface area contributed by atoms with Crippen molar-refractivity contribution in [1.29, 1.82) is 0 Å². The van der Waals surface area contributed by atoms with Crippen molar-refractivity contribution < 1.29 is 18.1 Å². The van der Waals surface area contributed by atoms with Crippen LogP contribution in [0.1, 0.15) is 5.56 Å². The van der Waals surface area contributed by atoms with E-state index in [1.807, 2.05) is 30.3 Å². The lowest BCUT2D eigenvalue weighted by Gasteiger charge is -2.23. The number of sulfonamides is 1. The summed E-state index contributed by atoms with van der Waals surface area (Å²) in [5.41, 5.74) is 0.797. The van der Waals surface area contributed by atoms with Crippen LogP contribution in [0.4, 0.5) is 16.5 Å². The highest BCUT2D eigenvalue weighted by molar-refractivity contribution is 7.92. The number of hydrogen-bond acceptors (Lipinski definition) is 8. The fourth-order valence-electron chi connectivity index (χ4n) is 2.72. The molecule has 0 saturated heterocycles. The maximum atomic E-state index is 12.5. The van der Waals surface area contributed by atoms with Gasteiger partial charge in [0.15, 0.2) is 0 Å². The number of nitrogens with one attached hydrogen (secondary N) is 1. The first-order valence-corrected chi connectivity index (χ1v) is 11.2. The van der Waals surface area contributed by atoms with Crippen LogP contribution in [-0.2, 0) is 14.8 Å². The summed E-state index contributed by atoms with van der Waals surface area (Å²) >= 11 is 1.14. The lowest BCUT2D eigenvalue weighted by molar-refractivity contribution is -0.385. The predicted octanol–water partition coefficient (Wildman–Crippen LogP) is 2.83. The van der Waals surface area contributed by atoms with Gasteiger partial charge >= 0.3 is 0 Å². The molecule has 0 spiro atoms. The third kappa shape index (κ3) is 4.78. The standard InChI is InChI=1S/C18H17N5O5S2/c1-12-14(9-6-10-15(12)23(25)26)22(30(2,27)28)11-16(24)19-18-21-20-17(29-18)13-7-4-3-5-8-13/h3-10H,11H2,1-2H3,(H,19,21,24). The summed E-state index contributed by atoms with van der Waals surface area (Å²) < 4.78 is 25.4. The Labute approximate surface area is 176 Å². The van der Waals surface area contributed by atoms with E-state index in [1.165, 1.54) is 25.1 Å². The zero-order valence-corrected chi connectivity index (χ0v) is 17.6. The summed E-state index contributed by atoms with van der Waals surface area (Å²) in [4.78, 5) is 23.1. The second kappa shape index (κ2) is 8.55. The minimum atomic E-state index is -3.89. The number of nitro groups is 1. The number of nitrogens with zero attached hydrogens (tertiary/aromatic N) is 4. The topological polar surface area (TPSA) is 135 Å². The van der Waals surface area contributed by atoms with Gasteiger partial charge < -0.3 is 0 Å². The van der Waals surface area contributed by atoms with Crippen molar-refractivity contribution in [3.05, 3.63) is 64.2 Å². The second-order valence-corrected chi connectivity index (χ2v) is 9.16. The number of anilines is 2. The maximum absolute atomic E-state index is 12.5. The first-order chi connectivity index (χ1) is 14.2. The Morgan fingerprint density at radius 3 is 2.50 bits per heavy atom. The third-order valence-electron chi connectivity index (χ3n) is 4.12. The van der Waals surface area contributed by atoms with Crippen molar-refractivity contribution in [2.45, 2.75) is 6.92 Å².